The van der Waals surface area contributed by atoms with Crippen molar-refractivity contribution in [2.45, 2.75) is 174 Å². The molecular weight excluding hydrogens is 673 g/mol. The molecule has 1 N–H and O–H groups in total. The zero-order chi connectivity index (χ0) is 37.3. The summed E-state index contributed by atoms with van der Waals surface area (Å²) in [7, 11) is -5.27. The van der Waals surface area contributed by atoms with E-state index in [0.29, 0.717) is 19.4 Å². The number of hydrogen-bond donors (Lipinski definition) is 1. The van der Waals surface area contributed by atoms with E-state index in [2.05, 4.69) is 16.8 Å². The van der Waals surface area contributed by atoms with Crippen molar-refractivity contribution in [3.05, 3.63) is 35.9 Å². The van der Waals surface area contributed by atoms with Gasteiger partial charge in [-0.05, 0) is 24.8 Å². The molecule has 0 spiro atoms. The average molecular weight is 740 g/mol. The van der Waals surface area contributed by atoms with Crippen molar-refractivity contribution in [1.29, 1.82) is 0 Å². The summed E-state index contributed by atoms with van der Waals surface area (Å²) in [6, 6.07) is 9.56. The van der Waals surface area contributed by atoms with Crippen molar-refractivity contribution in [3.63, 3.8) is 0 Å². The third kappa shape index (κ3) is 32.0. The molecular formula is C39H66NO10P-2. The van der Waals surface area contributed by atoms with Gasteiger partial charge in [0, 0.05) is 19.4 Å². The van der Waals surface area contributed by atoms with Crippen LogP contribution in [0.3, 0.4) is 0 Å². The zero-order valence-corrected chi connectivity index (χ0v) is 32.2. The molecule has 0 aliphatic heterocycles. The number of carbonyl (C=O) groups excluding carboxylic acids is 3. The first kappa shape index (κ1) is 46.6. The molecule has 0 saturated heterocycles. The second-order valence-electron chi connectivity index (χ2n) is 13.5. The lowest BCUT2D eigenvalue weighted by Crippen LogP contribution is -2.31. The zero-order valence-electron chi connectivity index (χ0n) is 31.3. The fraction of sp³-hybridized carbons (Fsp3) is 0.769. The van der Waals surface area contributed by atoms with Crippen LogP contribution < -0.4 is 15.1 Å². The van der Waals surface area contributed by atoms with Crippen LogP contribution in [0.4, 0.5) is 4.79 Å². The minimum atomic E-state index is -5.27. The maximum atomic E-state index is 12.3. The highest BCUT2D eigenvalue weighted by molar-refractivity contribution is 7.43. The predicted octanol–water partition coefficient (Wildman–Crippen LogP) is 8.60. The Bertz CT molecular complexity index is 1050. The van der Waals surface area contributed by atoms with Crippen LogP contribution in [0, 0.1) is 0 Å². The van der Waals surface area contributed by atoms with Crippen LogP contribution in [0.15, 0.2) is 30.3 Å². The number of nitrogens with one attached hydrogen (secondary N) is 1. The van der Waals surface area contributed by atoms with Gasteiger partial charge < -0.3 is 38.4 Å². The lowest BCUT2D eigenvalue weighted by Gasteiger charge is -2.30. The van der Waals surface area contributed by atoms with E-state index in [4.69, 9.17) is 14.2 Å². The van der Waals surface area contributed by atoms with Crippen molar-refractivity contribution >= 4 is 25.9 Å². The number of rotatable bonds is 34. The number of phosphoric ester groups is 1. The number of phosphoric acid groups is 1. The Morgan fingerprint density at radius 2 is 1.10 bits per heavy atom. The molecule has 1 amide bonds. The molecule has 11 nitrogen and oxygen atoms in total. The molecule has 294 valence electrons. The minimum Gasteiger partial charge on any atom is -0.790 e. The van der Waals surface area contributed by atoms with Gasteiger partial charge in [0.2, 0.25) is 0 Å². The van der Waals surface area contributed by atoms with Gasteiger partial charge >= 0.3 is 18.0 Å². The third-order valence-electron chi connectivity index (χ3n) is 8.67. The summed E-state index contributed by atoms with van der Waals surface area (Å²) in [5.41, 5.74) is 0.954. The van der Waals surface area contributed by atoms with Crippen LogP contribution in [0.5, 0.6) is 0 Å². The number of alkyl carbamates (subject to hydrolysis) is 1. The topological polar surface area (TPSA) is 163 Å². The van der Waals surface area contributed by atoms with E-state index >= 15 is 0 Å². The van der Waals surface area contributed by atoms with E-state index < -0.39 is 38.6 Å². The number of esters is 2. The normalized spacial score (nSPS) is 12.0. The Morgan fingerprint density at radius 1 is 0.627 bits per heavy atom. The summed E-state index contributed by atoms with van der Waals surface area (Å²) in [6.07, 6.45) is 23.0. The first-order valence-corrected chi connectivity index (χ1v) is 21.1. The summed E-state index contributed by atoms with van der Waals surface area (Å²) < 4.78 is 31.0. The monoisotopic (exact) mass is 739 g/mol. The number of carbonyl (C=O) groups is 3. The SMILES string of the molecule is CCCCCCCCCCCCCCCC(=O)OC(COC(=O)CCCCCCCCCCCNC(=O)OCc1ccccc1)COP(=O)([O-])[O-]. The molecule has 0 aliphatic rings. The number of unbranched alkanes of at least 4 members (excludes halogenated alkanes) is 20. The summed E-state index contributed by atoms with van der Waals surface area (Å²) in [5, 5.41) is 2.78. The first-order valence-electron chi connectivity index (χ1n) is 19.7. The molecule has 0 saturated carbocycles. The second-order valence-corrected chi connectivity index (χ2v) is 14.6. The van der Waals surface area contributed by atoms with Crippen LogP contribution in [-0.4, -0.2) is 43.9 Å². The molecule has 1 rings (SSSR count). The maximum Gasteiger partial charge on any atom is 0.407 e. The summed E-state index contributed by atoms with van der Waals surface area (Å²) in [4.78, 5) is 58.3. The van der Waals surface area contributed by atoms with Crippen LogP contribution in [-0.2, 0) is 39.5 Å². The lowest BCUT2D eigenvalue weighted by atomic mass is 10.0. The van der Waals surface area contributed by atoms with Crippen molar-refractivity contribution in [3.8, 4) is 0 Å². The molecule has 1 unspecified atom stereocenters. The summed E-state index contributed by atoms with van der Waals surface area (Å²) in [5.74, 6) is -1.01. The van der Waals surface area contributed by atoms with Gasteiger partial charge in [0.15, 0.2) is 6.10 Å². The van der Waals surface area contributed by atoms with E-state index in [0.717, 1.165) is 76.2 Å². The van der Waals surface area contributed by atoms with Crippen LogP contribution in [0.1, 0.15) is 167 Å². The number of hydrogen-bond acceptors (Lipinski definition) is 10. The molecule has 1 atom stereocenters. The minimum absolute atomic E-state index is 0.165. The molecule has 0 aromatic heterocycles. The van der Waals surface area contributed by atoms with E-state index in [9.17, 15) is 28.7 Å². The van der Waals surface area contributed by atoms with Crippen molar-refractivity contribution in [2.75, 3.05) is 19.8 Å². The number of benzene rings is 1. The lowest BCUT2D eigenvalue weighted by molar-refractivity contribution is -0.343. The molecule has 0 aliphatic carbocycles. The van der Waals surface area contributed by atoms with Crippen molar-refractivity contribution < 1.29 is 47.5 Å². The molecule has 1 aromatic rings. The Balaban J connectivity index is 2.04. The molecule has 0 fully saturated rings. The van der Waals surface area contributed by atoms with E-state index in [1.165, 1.54) is 57.8 Å². The van der Waals surface area contributed by atoms with Crippen LogP contribution in [0.25, 0.3) is 0 Å². The second kappa shape index (κ2) is 32.2. The first-order chi connectivity index (χ1) is 24.7. The smallest absolute Gasteiger partial charge is 0.407 e. The maximum absolute atomic E-state index is 12.3. The van der Waals surface area contributed by atoms with Gasteiger partial charge in [0.1, 0.15) is 13.2 Å². The largest absolute Gasteiger partial charge is 0.790 e. The van der Waals surface area contributed by atoms with Crippen molar-refractivity contribution in [2.24, 2.45) is 0 Å². The summed E-state index contributed by atoms with van der Waals surface area (Å²) >= 11 is 0. The van der Waals surface area contributed by atoms with Crippen LogP contribution in [0.2, 0.25) is 0 Å². The highest BCUT2D eigenvalue weighted by atomic mass is 31.2. The Labute approximate surface area is 307 Å². The third-order valence-corrected chi connectivity index (χ3v) is 9.14. The Kier molecular flexibility index (Phi) is 29.4. The quantitative estimate of drug-likeness (QED) is 0.0313. The highest BCUT2D eigenvalue weighted by Gasteiger charge is 2.18. The summed E-state index contributed by atoms with van der Waals surface area (Å²) in [6.45, 7) is 2.04. The standard InChI is InChI=1S/C39H68NO10P/c1-2-3-4-5-6-7-8-9-10-12-16-19-25-30-38(42)50-36(34-49-51(44,45)46)33-47-37(41)29-24-18-15-13-11-14-17-20-26-31-40-39(43)48-32-35-27-22-21-23-28-35/h21-23,27-28,36H,2-20,24-26,29-34H2,1H3,(H,40,43)(H2,44,45,46)/p-2. The molecule has 51 heavy (non-hydrogen) atoms. The Morgan fingerprint density at radius 3 is 1.61 bits per heavy atom. The molecule has 0 bridgehead atoms. The Hall–Kier alpha value is -2.46. The average Bonchev–Trinajstić information content (AvgIpc) is 3.11. The molecule has 1 aromatic carbocycles. The fourth-order valence-corrected chi connectivity index (χ4v) is 6.03. The van der Waals surface area contributed by atoms with Gasteiger partial charge in [-0.1, -0.05) is 159 Å². The van der Waals surface area contributed by atoms with Crippen molar-refractivity contribution in [1.82, 2.24) is 5.32 Å². The van der Waals surface area contributed by atoms with E-state index in [-0.39, 0.29) is 26.1 Å². The van der Waals surface area contributed by atoms with Gasteiger partial charge in [0.05, 0.1) is 14.4 Å². The van der Waals surface area contributed by atoms with E-state index in [1.807, 2.05) is 30.3 Å². The van der Waals surface area contributed by atoms with E-state index in [1.54, 1.807) is 0 Å². The van der Waals surface area contributed by atoms with Gasteiger partial charge in [-0.3, -0.25) is 9.59 Å². The van der Waals surface area contributed by atoms with Gasteiger partial charge in [-0.25, -0.2) is 4.79 Å². The fourth-order valence-electron chi connectivity index (χ4n) is 5.68. The number of ether oxygens (including phenoxy) is 3. The predicted molar refractivity (Wildman–Crippen MR) is 196 cm³/mol. The highest BCUT2D eigenvalue weighted by Crippen LogP contribution is 2.25. The molecule has 0 heterocycles. The van der Waals surface area contributed by atoms with Crippen LogP contribution >= 0.6 is 7.82 Å². The van der Waals surface area contributed by atoms with Gasteiger partial charge in [0.25, 0.3) is 0 Å². The van der Waals surface area contributed by atoms with Gasteiger partial charge in [-0.15, -0.1) is 0 Å². The number of amides is 1. The van der Waals surface area contributed by atoms with Gasteiger partial charge in [-0.2, -0.15) is 0 Å². The molecule has 12 heteroatoms. The molecule has 0 radical (unpaired) electrons.